The van der Waals surface area contributed by atoms with E-state index >= 15 is 0 Å². The number of anilines is 1. The summed E-state index contributed by atoms with van der Waals surface area (Å²) in [6.07, 6.45) is 4.85. The number of amides is 1. The highest BCUT2D eigenvalue weighted by Crippen LogP contribution is 2.23. The van der Waals surface area contributed by atoms with E-state index in [1.54, 1.807) is 24.5 Å². The van der Waals surface area contributed by atoms with Crippen LogP contribution in [0.5, 0.6) is 0 Å². The second-order valence-corrected chi connectivity index (χ2v) is 10.6. The van der Waals surface area contributed by atoms with Gasteiger partial charge < -0.3 is 25.6 Å². The molecule has 0 aliphatic carbocycles. The van der Waals surface area contributed by atoms with Crippen LogP contribution in [0.2, 0.25) is 0 Å². The van der Waals surface area contributed by atoms with E-state index in [9.17, 15) is 23.1 Å². The predicted molar refractivity (Wildman–Crippen MR) is 144 cm³/mol. The fraction of sp³-hybridized carbons (Fsp3) is 0.308. The molecule has 4 rings (SSSR count). The zero-order valence-electron chi connectivity index (χ0n) is 21.1. The monoisotopic (exact) mass is 554 g/mol. The van der Waals surface area contributed by atoms with Crippen LogP contribution in [0.15, 0.2) is 77.0 Å². The second kappa shape index (κ2) is 12.5. The SMILES string of the molecule is O=C(NC(CCCCCNc1ncc[nH]1)(NS(=O)(=O)c1ccc(-c2ccccc2)cc1)C(=O)O)C1=NOCC1. The molecule has 1 aliphatic heterocycles. The van der Waals surface area contributed by atoms with Crippen LogP contribution in [0.1, 0.15) is 32.1 Å². The predicted octanol–water partition coefficient (Wildman–Crippen LogP) is 2.70. The maximum Gasteiger partial charge on any atom is 0.345 e. The first-order valence-corrected chi connectivity index (χ1v) is 13.9. The van der Waals surface area contributed by atoms with Gasteiger partial charge in [-0.1, -0.05) is 54.0 Å². The number of aromatic amines is 1. The molecule has 5 N–H and O–H groups in total. The third-order valence-corrected chi connectivity index (χ3v) is 7.67. The van der Waals surface area contributed by atoms with Crippen LogP contribution in [-0.4, -0.2) is 59.9 Å². The van der Waals surface area contributed by atoms with Gasteiger partial charge in [-0.3, -0.25) is 4.79 Å². The number of rotatable bonds is 14. The van der Waals surface area contributed by atoms with Crippen molar-refractivity contribution in [3.63, 3.8) is 0 Å². The number of nitrogens with zero attached hydrogens (tertiary/aromatic N) is 2. The number of unbranched alkanes of at least 4 members (excludes halogenated alkanes) is 2. The van der Waals surface area contributed by atoms with Gasteiger partial charge in [0.2, 0.25) is 15.7 Å². The molecule has 3 aromatic rings. The number of aromatic nitrogens is 2. The maximum atomic E-state index is 13.4. The van der Waals surface area contributed by atoms with Crippen molar-refractivity contribution in [1.29, 1.82) is 0 Å². The van der Waals surface area contributed by atoms with Crippen LogP contribution in [0, 0.1) is 0 Å². The Morgan fingerprint density at radius 2 is 1.77 bits per heavy atom. The minimum absolute atomic E-state index is 0.00492. The quantitative estimate of drug-likeness (QED) is 0.149. The number of carbonyl (C=O) groups excluding carboxylic acids is 1. The molecule has 206 valence electrons. The summed E-state index contributed by atoms with van der Waals surface area (Å²) in [7, 11) is -4.35. The van der Waals surface area contributed by atoms with Gasteiger partial charge in [-0.15, -0.1) is 0 Å². The van der Waals surface area contributed by atoms with E-state index in [1.165, 1.54) is 12.1 Å². The van der Waals surface area contributed by atoms with E-state index in [-0.39, 0.29) is 30.1 Å². The van der Waals surface area contributed by atoms with Gasteiger partial charge in [-0.25, -0.2) is 18.2 Å². The number of oxime groups is 1. The van der Waals surface area contributed by atoms with Crippen LogP contribution < -0.4 is 15.4 Å². The molecule has 2 aromatic carbocycles. The van der Waals surface area contributed by atoms with E-state index in [1.807, 2.05) is 30.3 Å². The van der Waals surface area contributed by atoms with Gasteiger partial charge in [-0.05, 0) is 42.5 Å². The highest BCUT2D eigenvalue weighted by molar-refractivity contribution is 7.89. The summed E-state index contributed by atoms with van der Waals surface area (Å²) in [6, 6.07) is 15.5. The molecule has 39 heavy (non-hydrogen) atoms. The molecule has 13 heteroatoms. The summed E-state index contributed by atoms with van der Waals surface area (Å²) >= 11 is 0. The first-order valence-electron chi connectivity index (χ1n) is 12.5. The van der Waals surface area contributed by atoms with Crippen molar-refractivity contribution in [1.82, 2.24) is 20.0 Å². The molecule has 1 amide bonds. The Bertz CT molecular complexity index is 1390. The number of hydrogen-bond acceptors (Lipinski definition) is 8. The molecule has 0 spiro atoms. The molecular weight excluding hydrogens is 524 g/mol. The number of sulfonamides is 1. The Labute approximate surface area is 225 Å². The summed E-state index contributed by atoms with van der Waals surface area (Å²) in [6.45, 7) is 0.762. The fourth-order valence-electron chi connectivity index (χ4n) is 4.08. The maximum absolute atomic E-state index is 13.4. The van der Waals surface area contributed by atoms with Crippen molar-refractivity contribution in [3.8, 4) is 11.1 Å². The molecule has 1 aliphatic rings. The van der Waals surface area contributed by atoms with Crippen LogP contribution in [-0.2, 0) is 24.4 Å². The first kappa shape index (κ1) is 27.8. The standard InChI is InChI=1S/C26H30N6O6S/c33-23(22-13-18-38-31-22)30-26(24(34)35,14-5-2-6-15-27-25-28-16-17-29-25)32-39(36,37)21-11-9-20(10-12-21)19-7-3-1-4-8-19/h1,3-4,7-12,16-17,32H,2,5-6,13-15,18H2,(H,30,33)(H,34,35)(H2,27,28,29). The normalized spacial score (nSPS) is 14.6. The number of imidazole rings is 1. The molecule has 2 heterocycles. The van der Waals surface area contributed by atoms with Crippen molar-refractivity contribution >= 4 is 33.6 Å². The summed E-state index contributed by atoms with van der Waals surface area (Å²) < 4.78 is 29.0. The molecule has 0 fully saturated rings. The highest BCUT2D eigenvalue weighted by atomic mass is 32.2. The van der Waals surface area contributed by atoms with Crippen molar-refractivity contribution < 1.29 is 28.0 Å². The highest BCUT2D eigenvalue weighted by Gasteiger charge is 2.44. The Morgan fingerprint density at radius 1 is 1.03 bits per heavy atom. The molecule has 1 aromatic heterocycles. The van der Waals surface area contributed by atoms with Gasteiger partial charge >= 0.3 is 5.97 Å². The number of hydrogen-bond donors (Lipinski definition) is 5. The molecule has 1 unspecified atom stereocenters. The van der Waals surface area contributed by atoms with E-state index < -0.39 is 27.6 Å². The zero-order valence-corrected chi connectivity index (χ0v) is 21.9. The molecule has 0 saturated heterocycles. The van der Waals surface area contributed by atoms with E-state index in [4.69, 9.17) is 4.84 Å². The largest absolute Gasteiger partial charge is 0.478 e. The molecule has 0 radical (unpaired) electrons. The van der Waals surface area contributed by atoms with Gasteiger partial charge in [0.15, 0.2) is 5.95 Å². The van der Waals surface area contributed by atoms with E-state index in [0.29, 0.717) is 31.8 Å². The third kappa shape index (κ3) is 7.21. The van der Waals surface area contributed by atoms with Crippen LogP contribution in [0.25, 0.3) is 11.1 Å². The van der Waals surface area contributed by atoms with Gasteiger partial charge in [0.25, 0.3) is 5.91 Å². The molecule has 0 bridgehead atoms. The van der Waals surface area contributed by atoms with Gasteiger partial charge in [0.05, 0.1) is 4.90 Å². The van der Waals surface area contributed by atoms with Crippen LogP contribution >= 0.6 is 0 Å². The molecule has 1 atom stereocenters. The van der Waals surface area contributed by atoms with Gasteiger partial charge in [0, 0.05) is 25.4 Å². The van der Waals surface area contributed by atoms with Crippen molar-refractivity contribution in [2.24, 2.45) is 5.16 Å². The number of aliphatic carboxylic acids is 1. The first-order chi connectivity index (χ1) is 18.8. The Balaban J connectivity index is 1.49. The lowest BCUT2D eigenvalue weighted by Crippen LogP contribution is -2.66. The number of carboxylic acid groups (broad SMARTS) is 1. The Kier molecular flexibility index (Phi) is 8.94. The van der Waals surface area contributed by atoms with Crippen molar-refractivity contribution in [3.05, 3.63) is 67.0 Å². The number of benzene rings is 2. The summed E-state index contributed by atoms with van der Waals surface area (Å²) in [5.41, 5.74) is -0.597. The average molecular weight is 555 g/mol. The van der Waals surface area contributed by atoms with E-state index in [2.05, 4.69) is 30.5 Å². The lowest BCUT2D eigenvalue weighted by atomic mass is 10.0. The molecular formula is C26H30N6O6S. The zero-order chi connectivity index (χ0) is 27.7. The lowest BCUT2D eigenvalue weighted by molar-refractivity contribution is -0.148. The lowest BCUT2D eigenvalue weighted by Gasteiger charge is -2.31. The van der Waals surface area contributed by atoms with E-state index in [0.717, 1.165) is 11.1 Å². The topological polar surface area (TPSA) is 175 Å². The van der Waals surface area contributed by atoms with Crippen LogP contribution in [0.4, 0.5) is 5.95 Å². The third-order valence-electron chi connectivity index (χ3n) is 6.16. The summed E-state index contributed by atoms with van der Waals surface area (Å²) in [4.78, 5) is 37.1. The number of nitrogens with one attached hydrogen (secondary N) is 4. The number of carboxylic acids is 1. The van der Waals surface area contributed by atoms with Crippen LogP contribution in [0.3, 0.4) is 0 Å². The fourth-order valence-corrected chi connectivity index (χ4v) is 5.39. The van der Waals surface area contributed by atoms with Gasteiger partial charge in [-0.2, -0.15) is 4.72 Å². The number of H-pyrrole nitrogens is 1. The Morgan fingerprint density at radius 3 is 2.41 bits per heavy atom. The Hall–Kier alpha value is -4.23. The second-order valence-electron chi connectivity index (χ2n) is 8.96. The molecule has 12 nitrogen and oxygen atoms in total. The molecule has 0 saturated carbocycles. The summed E-state index contributed by atoms with van der Waals surface area (Å²) in [5.74, 6) is -1.72. The smallest absolute Gasteiger partial charge is 0.345 e. The summed E-state index contributed by atoms with van der Waals surface area (Å²) in [5, 5.41) is 19.3. The number of carbonyl (C=O) groups is 2. The minimum Gasteiger partial charge on any atom is -0.478 e. The van der Waals surface area contributed by atoms with Crippen molar-refractivity contribution in [2.45, 2.75) is 42.7 Å². The minimum atomic E-state index is -4.35. The van der Waals surface area contributed by atoms with Crippen molar-refractivity contribution in [2.75, 3.05) is 18.5 Å². The average Bonchev–Trinajstić information content (AvgIpc) is 3.66. The van der Waals surface area contributed by atoms with Gasteiger partial charge in [0.1, 0.15) is 12.3 Å².